The van der Waals surface area contributed by atoms with Gasteiger partial charge < -0.3 is 10.2 Å². The van der Waals surface area contributed by atoms with Crippen molar-refractivity contribution in [1.82, 2.24) is 0 Å². The van der Waals surface area contributed by atoms with Gasteiger partial charge in [-0.2, -0.15) is 0 Å². The highest BCUT2D eigenvalue weighted by Gasteiger charge is 2.28. The highest BCUT2D eigenvalue weighted by atomic mass is 19.1. The van der Waals surface area contributed by atoms with Gasteiger partial charge in [-0.3, -0.25) is 0 Å². The Balaban J connectivity index is 2.09. The minimum absolute atomic E-state index is 0.153. The fourth-order valence-corrected chi connectivity index (χ4v) is 3.59. The monoisotopic (exact) mass is 320 g/mol. The van der Waals surface area contributed by atoms with Crippen LogP contribution in [-0.4, -0.2) is 16.2 Å². The molecule has 0 amide bonds. The van der Waals surface area contributed by atoms with E-state index in [4.69, 9.17) is 5.11 Å². The van der Waals surface area contributed by atoms with E-state index >= 15 is 0 Å². The van der Waals surface area contributed by atoms with Gasteiger partial charge in [0.05, 0.1) is 11.7 Å². The second kappa shape index (κ2) is 6.83. The third-order valence-electron chi connectivity index (χ3n) is 4.96. The van der Waals surface area contributed by atoms with E-state index in [-0.39, 0.29) is 11.0 Å². The molecule has 0 saturated carbocycles. The first-order valence-corrected chi connectivity index (χ1v) is 8.12. The number of halogens is 1. The molecule has 126 valence electrons. The fraction of sp³-hybridized carbons (Fsp3) is 0.526. The summed E-state index contributed by atoms with van der Waals surface area (Å²) in [4.78, 5) is 10.8. The van der Waals surface area contributed by atoms with Crippen LogP contribution >= 0.6 is 0 Å². The molecule has 3 nitrogen and oxygen atoms in total. The molecule has 0 radical (unpaired) electrons. The summed E-state index contributed by atoms with van der Waals surface area (Å²) in [5.41, 5.74) is 3.01. The maximum atomic E-state index is 13.7. The van der Waals surface area contributed by atoms with Crippen LogP contribution in [0.2, 0.25) is 0 Å². The number of aromatic carboxylic acids is 1. The lowest BCUT2D eigenvalue weighted by molar-refractivity contribution is 0.0691. The third kappa shape index (κ3) is 3.99. The number of carboxylic acid groups (broad SMARTS) is 1. The Morgan fingerprint density at radius 2 is 2.09 bits per heavy atom. The lowest BCUT2D eigenvalue weighted by atomic mass is 9.71. The summed E-state index contributed by atoms with van der Waals surface area (Å²) in [6.07, 6.45) is 3.97. The fourth-order valence-electron chi connectivity index (χ4n) is 3.59. The molecule has 0 aromatic heterocycles. The molecule has 0 fully saturated rings. The number of aliphatic hydroxyl groups is 1. The summed E-state index contributed by atoms with van der Waals surface area (Å²) in [5.74, 6) is -2.10. The molecule has 23 heavy (non-hydrogen) atoms. The minimum Gasteiger partial charge on any atom is -0.478 e. The van der Waals surface area contributed by atoms with Gasteiger partial charge >= 0.3 is 5.97 Å². The quantitative estimate of drug-likeness (QED) is 0.761. The zero-order valence-corrected chi connectivity index (χ0v) is 14.0. The van der Waals surface area contributed by atoms with Crippen molar-refractivity contribution in [3.8, 4) is 0 Å². The zero-order valence-electron chi connectivity index (χ0n) is 14.0. The highest BCUT2D eigenvalue weighted by molar-refractivity contribution is 5.87. The van der Waals surface area contributed by atoms with Crippen molar-refractivity contribution in [1.29, 1.82) is 0 Å². The van der Waals surface area contributed by atoms with Crippen LogP contribution < -0.4 is 0 Å². The van der Waals surface area contributed by atoms with Crippen LogP contribution in [0.25, 0.3) is 0 Å². The standard InChI is InChI=1S/C19H25FO3/c1-12-5-4-10-19(2,3)15(12)8-9-17(21)13-6-7-14(18(22)23)16(20)11-13/h6-7,11,17,21H,4-5,8-10H2,1-3H3,(H,22,23). The number of carbonyl (C=O) groups is 1. The Hall–Kier alpha value is -1.68. The van der Waals surface area contributed by atoms with E-state index in [2.05, 4.69) is 20.8 Å². The molecular weight excluding hydrogens is 295 g/mol. The maximum Gasteiger partial charge on any atom is 0.338 e. The Morgan fingerprint density at radius 1 is 1.39 bits per heavy atom. The summed E-state index contributed by atoms with van der Waals surface area (Å²) in [6, 6.07) is 3.83. The van der Waals surface area contributed by atoms with Crippen LogP contribution in [0.5, 0.6) is 0 Å². The van der Waals surface area contributed by atoms with Gasteiger partial charge in [0.1, 0.15) is 5.82 Å². The summed E-state index contributed by atoms with van der Waals surface area (Å²) in [7, 11) is 0. The molecule has 0 spiro atoms. The number of carboxylic acids is 1. The average Bonchev–Trinajstić information content (AvgIpc) is 2.45. The summed E-state index contributed by atoms with van der Waals surface area (Å²) in [6.45, 7) is 6.63. The van der Waals surface area contributed by atoms with Crippen molar-refractivity contribution in [3.05, 3.63) is 46.3 Å². The Morgan fingerprint density at radius 3 is 2.65 bits per heavy atom. The Labute approximate surface area is 136 Å². The van der Waals surface area contributed by atoms with Crippen molar-refractivity contribution >= 4 is 5.97 Å². The molecule has 1 atom stereocenters. The van der Waals surface area contributed by atoms with Crippen LogP contribution in [0.4, 0.5) is 4.39 Å². The molecular formula is C19H25FO3. The number of aliphatic hydroxyl groups excluding tert-OH is 1. The second-order valence-corrected chi connectivity index (χ2v) is 7.10. The van der Waals surface area contributed by atoms with Gasteiger partial charge in [-0.05, 0) is 62.1 Å². The smallest absolute Gasteiger partial charge is 0.338 e. The lowest BCUT2D eigenvalue weighted by Gasteiger charge is -2.35. The molecule has 0 saturated heterocycles. The second-order valence-electron chi connectivity index (χ2n) is 7.10. The summed E-state index contributed by atoms with van der Waals surface area (Å²) < 4.78 is 13.7. The van der Waals surface area contributed by atoms with Crippen molar-refractivity contribution < 1.29 is 19.4 Å². The van der Waals surface area contributed by atoms with E-state index in [1.807, 2.05) is 0 Å². The van der Waals surface area contributed by atoms with Crippen LogP contribution in [0.3, 0.4) is 0 Å². The van der Waals surface area contributed by atoms with Gasteiger partial charge in [-0.25, -0.2) is 9.18 Å². The zero-order chi connectivity index (χ0) is 17.2. The Bertz CT molecular complexity index is 632. The van der Waals surface area contributed by atoms with E-state index in [1.165, 1.54) is 29.7 Å². The third-order valence-corrected chi connectivity index (χ3v) is 4.96. The predicted octanol–water partition coefficient (Wildman–Crippen LogP) is 4.86. The summed E-state index contributed by atoms with van der Waals surface area (Å²) >= 11 is 0. The van der Waals surface area contributed by atoms with Gasteiger partial charge in [0.15, 0.2) is 0 Å². The molecule has 1 aliphatic rings. The number of hydrogen-bond acceptors (Lipinski definition) is 2. The summed E-state index contributed by atoms with van der Waals surface area (Å²) in [5, 5.41) is 19.2. The largest absolute Gasteiger partial charge is 0.478 e. The normalized spacial score (nSPS) is 18.8. The number of benzene rings is 1. The van der Waals surface area contributed by atoms with Crippen molar-refractivity contribution in [2.24, 2.45) is 5.41 Å². The van der Waals surface area contributed by atoms with E-state index < -0.39 is 17.9 Å². The SMILES string of the molecule is CC1=C(CCC(O)c2ccc(C(=O)O)c(F)c2)C(C)(C)CCC1. The molecule has 1 unspecified atom stereocenters. The van der Waals surface area contributed by atoms with Gasteiger partial charge in [0.25, 0.3) is 0 Å². The first-order chi connectivity index (χ1) is 10.7. The van der Waals surface area contributed by atoms with Crippen LogP contribution in [0.15, 0.2) is 29.3 Å². The van der Waals surface area contributed by atoms with Gasteiger partial charge in [-0.1, -0.05) is 31.1 Å². The van der Waals surface area contributed by atoms with Gasteiger partial charge in [0, 0.05) is 0 Å². The van der Waals surface area contributed by atoms with Crippen molar-refractivity contribution in [3.63, 3.8) is 0 Å². The molecule has 4 heteroatoms. The molecule has 2 rings (SSSR count). The molecule has 1 aromatic rings. The Kier molecular flexibility index (Phi) is 5.25. The van der Waals surface area contributed by atoms with Crippen LogP contribution in [0.1, 0.15) is 74.9 Å². The molecule has 0 heterocycles. The van der Waals surface area contributed by atoms with Crippen molar-refractivity contribution in [2.45, 2.75) is 59.0 Å². The van der Waals surface area contributed by atoms with E-state index in [1.54, 1.807) is 0 Å². The first kappa shape index (κ1) is 17.7. The molecule has 2 N–H and O–H groups in total. The van der Waals surface area contributed by atoms with E-state index in [9.17, 15) is 14.3 Å². The molecule has 1 aromatic carbocycles. The molecule has 1 aliphatic carbocycles. The maximum absolute atomic E-state index is 13.7. The first-order valence-electron chi connectivity index (χ1n) is 8.12. The lowest BCUT2D eigenvalue weighted by Crippen LogP contribution is -2.21. The van der Waals surface area contributed by atoms with E-state index in [0.717, 1.165) is 25.3 Å². The van der Waals surface area contributed by atoms with E-state index in [0.29, 0.717) is 12.0 Å². The van der Waals surface area contributed by atoms with Gasteiger partial charge in [0.2, 0.25) is 0 Å². The van der Waals surface area contributed by atoms with Crippen molar-refractivity contribution in [2.75, 3.05) is 0 Å². The average molecular weight is 320 g/mol. The molecule has 0 aliphatic heterocycles. The van der Waals surface area contributed by atoms with Crippen LogP contribution in [-0.2, 0) is 0 Å². The predicted molar refractivity (Wildman–Crippen MR) is 87.9 cm³/mol. The number of rotatable bonds is 5. The highest BCUT2D eigenvalue weighted by Crippen LogP contribution is 2.43. The van der Waals surface area contributed by atoms with Crippen LogP contribution in [0, 0.1) is 11.2 Å². The number of hydrogen-bond donors (Lipinski definition) is 2. The minimum atomic E-state index is -1.30. The topological polar surface area (TPSA) is 57.5 Å². The van der Waals surface area contributed by atoms with Gasteiger partial charge in [-0.15, -0.1) is 0 Å². The number of allylic oxidation sites excluding steroid dienone is 2. The molecule has 0 bridgehead atoms.